The van der Waals surface area contributed by atoms with Crippen molar-refractivity contribution < 1.29 is 18.3 Å². The van der Waals surface area contributed by atoms with Crippen molar-refractivity contribution in [1.82, 2.24) is 0 Å². The van der Waals surface area contributed by atoms with Crippen LogP contribution in [0.5, 0.6) is 0 Å². The van der Waals surface area contributed by atoms with Gasteiger partial charge in [-0.15, -0.1) is 0 Å². The molecule has 0 radical (unpaired) electrons. The highest BCUT2D eigenvalue weighted by Gasteiger charge is 2.70. The molecule has 1 aliphatic carbocycles. The molecule has 0 saturated heterocycles. The molecule has 1 aliphatic rings. The van der Waals surface area contributed by atoms with Crippen LogP contribution in [0, 0.1) is 0 Å². The summed E-state index contributed by atoms with van der Waals surface area (Å²) in [6, 6.07) is 4.28. The first-order valence-corrected chi connectivity index (χ1v) is 6.79. The van der Waals surface area contributed by atoms with Crippen LogP contribution in [-0.2, 0) is 10.3 Å². The van der Waals surface area contributed by atoms with Gasteiger partial charge in [-0.05, 0) is 44.5 Å². The molecule has 0 bridgehead atoms. The summed E-state index contributed by atoms with van der Waals surface area (Å²) in [5, 5.41) is 2.62. The van der Waals surface area contributed by atoms with E-state index in [4.69, 9.17) is 22.1 Å². The molecule has 1 atom stereocenters. The SMILES string of the molecule is CC(C)(C)OC(=O)Nc1ccc(Cl)c(C2(N)CC2(F)F)c1. The van der Waals surface area contributed by atoms with Crippen LogP contribution in [0.25, 0.3) is 0 Å². The molecule has 1 saturated carbocycles. The lowest BCUT2D eigenvalue weighted by atomic mass is 10.0. The Morgan fingerprint density at radius 3 is 2.48 bits per heavy atom. The number of nitrogens with two attached hydrogens (primary N) is 1. The number of carbonyl (C=O) groups is 1. The highest BCUT2D eigenvalue weighted by atomic mass is 35.5. The first kappa shape index (κ1) is 16.0. The van der Waals surface area contributed by atoms with E-state index < -0.39 is 29.6 Å². The van der Waals surface area contributed by atoms with Crippen LogP contribution in [0.1, 0.15) is 32.8 Å². The van der Waals surface area contributed by atoms with E-state index in [-0.39, 0.29) is 10.6 Å². The third-order valence-electron chi connectivity index (χ3n) is 3.12. The number of hydrogen-bond acceptors (Lipinski definition) is 3. The normalized spacial score (nSPS) is 23.6. The summed E-state index contributed by atoms with van der Waals surface area (Å²) >= 11 is 5.93. The van der Waals surface area contributed by atoms with Crippen molar-refractivity contribution >= 4 is 23.4 Å². The first-order valence-electron chi connectivity index (χ1n) is 6.41. The van der Waals surface area contributed by atoms with Gasteiger partial charge in [-0.1, -0.05) is 11.6 Å². The van der Waals surface area contributed by atoms with Gasteiger partial charge in [0.15, 0.2) is 0 Å². The molecule has 1 aromatic carbocycles. The Morgan fingerprint density at radius 1 is 1.43 bits per heavy atom. The zero-order valence-electron chi connectivity index (χ0n) is 12.0. The van der Waals surface area contributed by atoms with Gasteiger partial charge >= 0.3 is 6.09 Å². The van der Waals surface area contributed by atoms with Gasteiger partial charge in [0.25, 0.3) is 5.92 Å². The van der Waals surface area contributed by atoms with E-state index in [1.165, 1.54) is 18.2 Å². The van der Waals surface area contributed by atoms with E-state index in [1.54, 1.807) is 20.8 Å². The predicted molar refractivity (Wildman–Crippen MR) is 76.7 cm³/mol. The molecule has 2 rings (SSSR count). The second kappa shape index (κ2) is 4.81. The number of benzene rings is 1. The van der Waals surface area contributed by atoms with Crippen LogP contribution in [-0.4, -0.2) is 17.6 Å². The third-order valence-corrected chi connectivity index (χ3v) is 3.45. The van der Waals surface area contributed by atoms with Crippen molar-refractivity contribution in [2.75, 3.05) is 5.32 Å². The number of anilines is 1. The number of halogens is 3. The summed E-state index contributed by atoms with van der Waals surface area (Å²) < 4.78 is 31.8. The van der Waals surface area contributed by atoms with E-state index in [0.717, 1.165) is 0 Å². The van der Waals surface area contributed by atoms with Gasteiger partial charge in [0, 0.05) is 17.1 Å². The lowest BCUT2D eigenvalue weighted by Crippen LogP contribution is -2.29. The van der Waals surface area contributed by atoms with Gasteiger partial charge < -0.3 is 10.5 Å². The van der Waals surface area contributed by atoms with Crippen LogP contribution in [0.4, 0.5) is 19.3 Å². The third kappa shape index (κ3) is 3.27. The lowest BCUT2D eigenvalue weighted by molar-refractivity contribution is 0.0636. The number of ether oxygens (including phenoxy) is 1. The van der Waals surface area contributed by atoms with Crippen molar-refractivity contribution in [2.45, 2.75) is 44.3 Å². The highest BCUT2D eigenvalue weighted by Crippen LogP contribution is 2.59. The average Bonchev–Trinajstić information content (AvgIpc) is 2.79. The van der Waals surface area contributed by atoms with Crippen LogP contribution < -0.4 is 11.1 Å². The van der Waals surface area contributed by atoms with E-state index >= 15 is 0 Å². The van der Waals surface area contributed by atoms with Gasteiger partial charge in [0.05, 0.1) is 0 Å². The Kier molecular flexibility index (Phi) is 3.66. The molecule has 7 heteroatoms. The number of amides is 1. The minimum Gasteiger partial charge on any atom is -0.444 e. The number of hydrogen-bond donors (Lipinski definition) is 2. The van der Waals surface area contributed by atoms with Crippen molar-refractivity contribution in [3.63, 3.8) is 0 Å². The second-order valence-corrected chi connectivity index (χ2v) is 6.58. The molecule has 0 heterocycles. The van der Waals surface area contributed by atoms with Gasteiger partial charge in [-0.3, -0.25) is 5.32 Å². The van der Waals surface area contributed by atoms with Crippen molar-refractivity contribution in [2.24, 2.45) is 5.73 Å². The molecular weight excluding hydrogens is 302 g/mol. The number of nitrogens with one attached hydrogen (secondary N) is 1. The fraction of sp³-hybridized carbons (Fsp3) is 0.500. The van der Waals surface area contributed by atoms with Gasteiger partial charge in [-0.2, -0.15) is 0 Å². The molecule has 4 nitrogen and oxygen atoms in total. The highest BCUT2D eigenvalue weighted by molar-refractivity contribution is 6.31. The van der Waals surface area contributed by atoms with E-state index in [0.29, 0.717) is 5.69 Å². The topological polar surface area (TPSA) is 64.3 Å². The van der Waals surface area contributed by atoms with Gasteiger partial charge in [0.2, 0.25) is 0 Å². The molecule has 0 aliphatic heterocycles. The van der Waals surface area contributed by atoms with Crippen molar-refractivity contribution in [1.29, 1.82) is 0 Å². The number of carbonyl (C=O) groups excluding carboxylic acids is 1. The maximum Gasteiger partial charge on any atom is 0.412 e. The van der Waals surface area contributed by atoms with Crippen molar-refractivity contribution in [3.8, 4) is 0 Å². The molecule has 0 aromatic heterocycles. The van der Waals surface area contributed by atoms with Gasteiger partial charge in [-0.25, -0.2) is 13.6 Å². The van der Waals surface area contributed by atoms with Crippen molar-refractivity contribution in [3.05, 3.63) is 28.8 Å². The Hall–Kier alpha value is -1.40. The molecule has 21 heavy (non-hydrogen) atoms. The maximum atomic E-state index is 13.4. The Balaban J connectivity index is 2.19. The predicted octanol–water partition coefficient (Wildman–Crippen LogP) is 3.88. The summed E-state index contributed by atoms with van der Waals surface area (Å²) in [5.41, 5.74) is 3.66. The summed E-state index contributed by atoms with van der Waals surface area (Å²) in [6.07, 6.45) is -1.14. The van der Waals surface area contributed by atoms with Gasteiger partial charge in [0.1, 0.15) is 11.1 Å². The Morgan fingerprint density at radius 2 is 2.00 bits per heavy atom. The Bertz CT molecular complexity index is 587. The average molecular weight is 319 g/mol. The van der Waals surface area contributed by atoms with Crippen LogP contribution in [0.15, 0.2) is 18.2 Å². The maximum absolute atomic E-state index is 13.4. The largest absolute Gasteiger partial charge is 0.444 e. The quantitative estimate of drug-likeness (QED) is 0.869. The molecule has 1 amide bonds. The minimum atomic E-state index is -2.98. The molecule has 3 N–H and O–H groups in total. The molecule has 1 fully saturated rings. The summed E-state index contributed by atoms with van der Waals surface area (Å²) in [5.74, 6) is -2.98. The fourth-order valence-electron chi connectivity index (χ4n) is 1.96. The van der Waals surface area contributed by atoms with E-state index in [9.17, 15) is 13.6 Å². The lowest BCUT2D eigenvalue weighted by Gasteiger charge is -2.20. The number of rotatable bonds is 2. The number of alkyl halides is 2. The zero-order chi connectivity index (χ0) is 16.1. The van der Waals surface area contributed by atoms with Crippen LogP contribution in [0.2, 0.25) is 5.02 Å². The van der Waals surface area contributed by atoms with Crippen LogP contribution >= 0.6 is 11.6 Å². The fourth-order valence-corrected chi connectivity index (χ4v) is 2.25. The smallest absolute Gasteiger partial charge is 0.412 e. The zero-order valence-corrected chi connectivity index (χ0v) is 12.7. The van der Waals surface area contributed by atoms with Crippen LogP contribution in [0.3, 0.4) is 0 Å². The molecule has 116 valence electrons. The Labute approximate surface area is 126 Å². The standard InChI is InChI=1S/C14H17ClF2N2O2/c1-12(2,3)21-11(20)19-8-4-5-10(15)9(6-8)13(18)7-14(13,16)17/h4-6H,7,18H2,1-3H3,(H,19,20). The summed E-state index contributed by atoms with van der Waals surface area (Å²) in [7, 11) is 0. The molecule has 1 aromatic rings. The molecular formula is C14H17ClF2N2O2. The molecule has 1 unspecified atom stereocenters. The second-order valence-electron chi connectivity index (χ2n) is 6.17. The monoisotopic (exact) mass is 318 g/mol. The summed E-state index contributed by atoms with van der Waals surface area (Å²) in [4.78, 5) is 11.7. The summed E-state index contributed by atoms with van der Waals surface area (Å²) in [6.45, 7) is 5.17. The molecule has 0 spiro atoms. The minimum absolute atomic E-state index is 0.114. The van der Waals surface area contributed by atoms with E-state index in [1.807, 2.05) is 0 Å². The first-order chi connectivity index (χ1) is 9.45. The van der Waals surface area contributed by atoms with E-state index in [2.05, 4.69) is 5.32 Å².